The maximum atomic E-state index is 13.2. The Morgan fingerprint density at radius 1 is 0.585 bits per heavy atom. The number of aromatic carboxylic acids is 1. The second-order valence-corrected chi connectivity index (χ2v) is 29.0. The first kappa shape index (κ1) is 84.2. The number of unbranched alkanes of at least 4 members (excludes halogenated alkanes) is 1. The van der Waals surface area contributed by atoms with Crippen molar-refractivity contribution in [2.45, 2.75) is 128 Å². The SMILES string of the molecule is CCCCN1CCOCC1.CNCCCN1CCOCC1.NCCCN1CCOCC1.N[C@H]1CCCc2ccccc21.O=C(N[C@H]1CCCc2ccccc21)c1ccnc(-c2cc(N3CCCCC3)ccc2[N+](=O)[O-])c1.O=C(N[C@H]1CCCc2ccccc21)c1ccnc(Br)c1.O=C(O)c1cncc(Br)c1. The number of carboxylic acid groups (broad SMARTS) is 1. The first-order chi connectivity index (χ1) is 51.7. The molecular weight excluding hydrogens is 1470 g/mol. The molecule has 0 bridgehead atoms. The molecule has 3 aliphatic carbocycles. The zero-order valence-electron chi connectivity index (χ0n) is 62.0. The number of benzene rings is 4. The van der Waals surface area contributed by atoms with Crippen molar-refractivity contribution in [1.29, 1.82) is 0 Å². The highest BCUT2D eigenvalue weighted by atomic mass is 79.9. The molecule has 24 heteroatoms. The number of nitrogens with zero attached hydrogens (tertiary/aromatic N) is 8. The van der Waals surface area contributed by atoms with Crippen LogP contribution in [0.25, 0.3) is 11.3 Å². The maximum Gasteiger partial charge on any atom is 0.337 e. The number of carbonyl (C=O) groups excluding carboxylic acids is 2. The summed E-state index contributed by atoms with van der Waals surface area (Å²) in [6, 6.07) is 38.9. The van der Waals surface area contributed by atoms with Crippen molar-refractivity contribution in [2.75, 3.05) is 137 Å². The van der Waals surface area contributed by atoms with Gasteiger partial charge in [-0.1, -0.05) is 86.1 Å². The number of anilines is 1. The minimum Gasteiger partial charge on any atom is -0.478 e. The van der Waals surface area contributed by atoms with E-state index in [2.05, 4.69) is 144 Å². The monoisotopic (exact) mass is 1580 g/mol. The molecule has 0 saturated carbocycles. The molecule has 22 nitrogen and oxygen atoms in total. The van der Waals surface area contributed by atoms with Gasteiger partial charge in [-0.2, -0.15) is 0 Å². The molecule has 4 saturated heterocycles. The molecule has 0 radical (unpaired) electrons. The number of ether oxygens (including phenoxy) is 3. The summed E-state index contributed by atoms with van der Waals surface area (Å²) in [4.78, 5) is 68.9. The fourth-order valence-electron chi connectivity index (χ4n) is 13.8. The third-order valence-corrected chi connectivity index (χ3v) is 20.5. The van der Waals surface area contributed by atoms with Gasteiger partial charge in [0.15, 0.2) is 0 Å². The van der Waals surface area contributed by atoms with Gasteiger partial charge < -0.3 is 51.6 Å². The summed E-state index contributed by atoms with van der Waals surface area (Å²) < 4.78 is 17.0. The van der Waals surface area contributed by atoms with Crippen LogP contribution in [-0.4, -0.2) is 189 Å². The number of nitro groups is 1. The van der Waals surface area contributed by atoms with Crippen LogP contribution in [0, 0.1) is 10.1 Å². The zero-order valence-corrected chi connectivity index (χ0v) is 65.2. The van der Waals surface area contributed by atoms with E-state index in [-0.39, 0.29) is 40.1 Å². The number of hydrogen-bond donors (Lipinski definition) is 6. The number of aryl methyl sites for hydroxylation is 3. The summed E-state index contributed by atoms with van der Waals surface area (Å²) in [6.45, 7) is 21.8. The number of piperidine rings is 1. The maximum absolute atomic E-state index is 13.2. The minimum atomic E-state index is -0.964. The third kappa shape index (κ3) is 28.6. The summed E-state index contributed by atoms with van der Waals surface area (Å²) in [5.74, 6) is -1.20. The van der Waals surface area contributed by atoms with Crippen LogP contribution >= 0.6 is 31.9 Å². The molecule has 106 heavy (non-hydrogen) atoms. The standard InChI is InChI=1S/C27H28N4O3.C16H15BrN2O.C10H13N.C8H18N2O.C8H17NO.C7H16N2O.C6H4BrNO2/c32-27(29-24-10-6-8-19-7-2-3-9-22(19)24)20-13-14-28-25(17-20)23-18-21(11-12-26(23)31(33)34)30-15-4-1-5-16-30;17-15-10-12(8-9-18-15)16(20)19-14-7-3-5-11-4-1-2-6-13(11)14;11-10-7-3-5-8-4-1-2-6-9(8)10;1-9-3-2-4-10-5-7-11-8-6-10;1-2-3-4-9-5-7-10-8-6-9;8-2-1-3-9-4-6-10-7-5-9;7-5-1-4(6(9)10)2-8-3-5/h2-3,7,9,11-14,17-18,24H,1,4-6,8,10,15-16H2,(H,29,32);1-2,4,6,8-10,14H,3,5,7H2,(H,19,20);1-2,4,6,10H,3,5,7,11H2;9H,2-8H2,1H3;2-8H2,1H3;1-8H2;1-3H,(H,9,10)/t24-;14-;10-;;;;/m000..../s1. The summed E-state index contributed by atoms with van der Waals surface area (Å²) in [5, 5.41) is 29.7. The number of morpholine rings is 3. The lowest BCUT2D eigenvalue weighted by Gasteiger charge is -2.29. The van der Waals surface area contributed by atoms with Crippen LogP contribution < -0.4 is 32.3 Å². The predicted molar refractivity (Wildman–Crippen MR) is 428 cm³/mol. The average molecular weight is 1580 g/mol. The van der Waals surface area contributed by atoms with E-state index >= 15 is 0 Å². The van der Waals surface area contributed by atoms with Crippen LogP contribution in [0.1, 0.15) is 173 Å². The van der Waals surface area contributed by atoms with Crippen molar-refractivity contribution >= 4 is 61.0 Å². The molecule has 7 aromatic rings. The number of hydrogen-bond acceptors (Lipinski definition) is 18. The van der Waals surface area contributed by atoms with Gasteiger partial charge in [0.05, 0.1) is 73.5 Å². The quantitative estimate of drug-likeness (QED) is 0.0201. The van der Waals surface area contributed by atoms with Crippen LogP contribution in [0.3, 0.4) is 0 Å². The summed E-state index contributed by atoms with van der Waals surface area (Å²) in [7, 11) is 2.00. The summed E-state index contributed by atoms with van der Waals surface area (Å²) in [5.41, 5.74) is 22.3. The molecule has 572 valence electrons. The van der Waals surface area contributed by atoms with Crippen LogP contribution in [0.4, 0.5) is 11.4 Å². The molecule has 0 unspecified atom stereocenters. The predicted octanol–water partition coefficient (Wildman–Crippen LogP) is 13.4. The molecule has 4 fully saturated rings. The van der Waals surface area contributed by atoms with Crippen LogP contribution in [0.15, 0.2) is 155 Å². The van der Waals surface area contributed by atoms with E-state index in [1.54, 1.807) is 42.7 Å². The Kier molecular flexibility index (Phi) is 37.6. The Balaban J connectivity index is 0.000000168. The number of rotatable bonds is 18. The molecule has 4 aromatic carbocycles. The number of pyridine rings is 3. The molecule has 14 rings (SSSR count). The molecule has 3 aromatic heterocycles. The number of amides is 2. The smallest absolute Gasteiger partial charge is 0.337 e. The minimum absolute atomic E-state index is 0.00738. The highest BCUT2D eigenvalue weighted by Crippen LogP contribution is 2.36. The van der Waals surface area contributed by atoms with Crippen LogP contribution in [-0.2, 0) is 33.5 Å². The normalized spacial score (nSPS) is 18.3. The van der Waals surface area contributed by atoms with Gasteiger partial charge in [0, 0.05) is 111 Å². The number of nitrogens with two attached hydrogens (primary N) is 2. The first-order valence-corrected chi connectivity index (χ1v) is 39.6. The molecular formula is C82H111Br2N13O9. The Morgan fingerprint density at radius 3 is 1.58 bits per heavy atom. The van der Waals surface area contributed by atoms with Crippen molar-refractivity contribution in [2.24, 2.45) is 11.5 Å². The molecule has 7 aliphatic rings. The van der Waals surface area contributed by atoms with E-state index in [0.717, 1.165) is 182 Å². The third-order valence-electron chi connectivity index (χ3n) is 19.6. The van der Waals surface area contributed by atoms with Crippen molar-refractivity contribution < 1.29 is 38.6 Å². The number of carbonyl (C=O) groups is 3. The zero-order chi connectivity index (χ0) is 75.1. The van der Waals surface area contributed by atoms with E-state index in [1.807, 2.05) is 37.4 Å². The van der Waals surface area contributed by atoms with Crippen LogP contribution in [0.2, 0.25) is 0 Å². The van der Waals surface area contributed by atoms with Crippen molar-refractivity contribution in [1.82, 2.24) is 45.6 Å². The van der Waals surface area contributed by atoms with E-state index in [0.29, 0.717) is 37.5 Å². The van der Waals surface area contributed by atoms with Gasteiger partial charge in [-0.05, 0) is 244 Å². The van der Waals surface area contributed by atoms with Crippen molar-refractivity contribution in [3.05, 3.63) is 215 Å². The second-order valence-electron chi connectivity index (χ2n) is 27.2. The molecule has 8 N–H and O–H groups in total. The molecule has 3 atom stereocenters. The Morgan fingerprint density at radius 2 is 1.08 bits per heavy atom. The van der Waals surface area contributed by atoms with Crippen molar-refractivity contribution in [3.63, 3.8) is 0 Å². The topological polar surface area (TPSA) is 282 Å². The number of nitro benzene ring substituents is 1. The number of aromatic nitrogens is 3. The fraction of sp³-hybridized carbons (Fsp3) is 0.488. The number of carboxylic acids is 1. The lowest BCUT2D eigenvalue weighted by atomic mass is 9.87. The van der Waals surface area contributed by atoms with Gasteiger partial charge in [0.25, 0.3) is 17.5 Å². The lowest BCUT2D eigenvalue weighted by molar-refractivity contribution is -0.384. The Bertz CT molecular complexity index is 3760. The number of nitrogens with one attached hydrogen (secondary N) is 3. The molecule has 2 amide bonds. The van der Waals surface area contributed by atoms with Gasteiger partial charge in [-0.15, -0.1) is 0 Å². The second kappa shape index (κ2) is 47.4. The van der Waals surface area contributed by atoms with E-state index in [9.17, 15) is 24.5 Å². The van der Waals surface area contributed by atoms with E-state index < -0.39 is 5.97 Å². The Hall–Kier alpha value is -7.46. The Labute approximate surface area is 643 Å². The summed E-state index contributed by atoms with van der Waals surface area (Å²) >= 11 is 6.39. The number of fused-ring (bicyclic) bond motifs is 3. The van der Waals surface area contributed by atoms with Gasteiger partial charge >= 0.3 is 5.97 Å². The fourth-order valence-corrected chi connectivity index (χ4v) is 14.5. The summed E-state index contributed by atoms with van der Waals surface area (Å²) in [6.07, 6.45) is 24.2. The molecule has 0 spiro atoms. The van der Waals surface area contributed by atoms with Gasteiger partial charge in [-0.25, -0.2) is 9.78 Å². The molecule has 4 aliphatic heterocycles. The molecule has 7 heterocycles. The first-order valence-electron chi connectivity index (χ1n) is 38.0. The van der Waals surface area contributed by atoms with E-state index in [1.165, 1.54) is 103 Å². The van der Waals surface area contributed by atoms with Gasteiger partial charge in [0.2, 0.25) is 0 Å². The highest BCUT2D eigenvalue weighted by Gasteiger charge is 2.26. The largest absolute Gasteiger partial charge is 0.478 e. The lowest BCUT2D eigenvalue weighted by Crippen LogP contribution is -2.37. The average Bonchev–Trinajstić information content (AvgIpc) is 0.786. The highest BCUT2D eigenvalue weighted by molar-refractivity contribution is 9.10. The van der Waals surface area contributed by atoms with E-state index in [4.69, 9.17) is 30.8 Å². The van der Waals surface area contributed by atoms with Crippen LogP contribution in [0.5, 0.6) is 0 Å². The number of halogens is 2. The van der Waals surface area contributed by atoms with Gasteiger partial charge in [0.1, 0.15) is 4.60 Å². The van der Waals surface area contributed by atoms with Crippen molar-refractivity contribution in [3.8, 4) is 11.3 Å². The van der Waals surface area contributed by atoms with Gasteiger partial charge in [-0.3, -0.25) is 44.4 Å².